The summed E-state index contributed by atoms with van der Waals surface area (Å²) >= 11 is 0. The first-order chi connectivity index (χ1) is 7.31. The van der Waals surface area contributed by atoms with Gasteiger partial charge in [-0.05, 0) is 38.6 Å². The first kappa shape index (κ1) is 11.4. The van der Waals surface area contributed by atoms with E-state index in [4.69, 9.17) is 0 Å². The average molecular weight is 212 g/mol. The van der Waals surface area contributed by atoms with Crippen molar-refractivity contribution in [1.29, 1.82) is 0 Å². The topological polar surface area (TPSA) is 35.5 Å². The van der Waals surface area contributed by atoms with Gasteiger partial charge in [0.15, 0.2) is 0 Å². The Morgan fingerprint density at radius 2 is 2.07 bits per heavy atom. The molecule has 0 radical (unpaired) electrons. The van der Waals surface area contributed by atoms with Crippen LogP contribution in [0.25, 0.3) is 0 Å². The summed E-state index contributed by atoms with van der Waals surface area (Å²) in [6.45, 7) is 5.58. The quantitative estimate of drug-likeness (QED) is 0.689. The number of hydrogen-bond donors (Lipinski definition) is 2. The molecule has 0 aliphatic heterocycles. The molecule has 0 unspecified atom stereocenters. The van der Waals surface area contributed by atoms with Gasteiger partial charge in [0.2, 0.25) is 0 Å². The maximum atomic E-state index is 9.66. The molecule has 0 saturated heterocycles. The second kappa shape index (κ2) is 5.28. The van der Waals surface area contributed by atoms with E-state index in [1.54, 1.807) is 0 Å². The average Bonchev–Trinajstić information content (AvgIpc) is 2.99. The number of nitrogens with one attached hydrogen (secondary N) is 1. The highest BCUT2D eigenvalue weighted by atomic mass is 16.3. The Morgan fingerprint density at radius 1 is 1.27 bits per heavy atom. The Labute approximate surface area is 92.8 Å². The van der Waals surface area contributed by atoms with Gasteiger partial charge in [-0.15, -0.1) is 0 Å². The van der Waals surface area contributed by atoms with Crippen LogP contribution >= 0.6 is 0 Å². The molecule has 88 valence electrons. The van der Waals surface area contributed by atoms with Gasteiger partial charge in [0, 0.05) is 25.2 Å². The van der Waals surface area contributed by atoms with Crippen LogP contribution in [0.5, 0.6) is 0 Å². The van der Waals surface area contributed by atoms with Crippen LogP contribution in [0.4, 0.5) is 0 Å². The van der Waals surface area contributed by atoms with Crippen LogP contribution in [0.15, 0.2) is 0 Å². The lowest BCUT2D eigenvalue weighted by Crippen LogP contribution is -2.41. The van der Waals surface area contributed by atoms with Gasteiger partial charge in [-0.25, -0.2) is 0 Å². The number of nitrogens with zero attached hydrogens (tertiary/aromatic N) is 1. The minimum Gasteiger partial charge on any atom is -0.392 e. The summed E-state index contributed by atoms with van der Waals surface area (Å²) in [5, 5.41) is 13.1. The lowest BCUT2D eigenvalue weighted by Gasteiger charge is -2.22. The maximum absolute atomic E-state index is 9.66. The van der Waals surface area contributed by atoms with Crippen LogP contribution in [-0.2, 0) is 0 Å². The predicted molar refractivity (Wildman–Crippen MR) is 61.9 cm³/mol. The van der Waals surface area contributed by atoms with Crippen molar-refractivity contribution in [1.82, 2.24) is 10.2 Å². The van der Waals surface area contributed by atoms with Crippen molar-refractivity contribution in [3.63, 3.8) is 0 Å². The van der Waals surface area contributed by atoms with Crippen molar-refractivity contribution in [3.8, 4) is 0 Å². The molecule has 0 aromatic heterocycles. The lowest BCUT2D eigenvalue weighted by atomic mass is 10.2. The Morgan fingerprint density at radius 3 is 2.60 bits per heavy atom. The number of aliphatic hydroxyl groups excluding tert-OH is 1. The molecule has 15 heavy (non-hydrogen) atoms. The second-order valence-corrected chi connectivity index (χ2v) is 4.92. The van der Waals surface area contributed by atoms with Gasteiger partial charge in [0.05, 0.1) is 6.10 Å². The molecule has 2 aliphatic rings. The zero-order chi connectivity index (χ0) is 10.7. The van der Waals surface area contributed by atoms with E-state index in [0.717, 1.165) is 32.0 Å². The van der Waals surface area contributed by atoms with Crippen LogP contribution in [0.1, 0.15) is 39.0 Å². The van der Waals surface area contributed by atoms with Gasteiger partial charge in [-0.3, -0.25) is 4.90 Å². The van der Waals surface area contributed by atoms with E-state index in [2.05, 4.69) is 17.1 Å². The minimum atomic E-state index is -0.0963. The summed E-state index contributed by atoms with van der Waals surface area (Å²) in [5.74, 6) is 0. The fourth-order valence-corrected chi connectivity index (χ4v) is 2.61. The molecule has 2 atom stereocenters. The number of hydrogen-bond acceptors (Lipinski definition) is 3. The highest BCUT2D eigenvalue weighted by molar-refractivity contribution is 4.86. The SMILES string of the molecule is CCN(CCN[C@H]1CCC[C@@H]1O)C1CC1. The summed E-state index contributed by atoms with van der Waals surface area (Å²) in [6.07, 6.45) is 5.99. The Kier molecular flexibility index (Phi) is 4.00. The van der Waals surface area contributed by atoms with E-state index in [1.165, 1.54) is 25.8 Å². The number of likely N-dealkylation sites (N-methyl/N-ethyl adjacent to an activating group) is 1. The normalized spacial score (nSPS) is 31.4. The van der Waals surface area contributed by atoms with Gasteiger partial charge in [0.1, 0.15) is 0 Å². The fourth-order valence-electron chi connectivity index (χ4n) is 2.61. The molecule has 0 aromatic rings. The smallest absolute Gasteiger partial charge is 0.0693 e. The summed E-state index contributed by atoms with van der Waals surface area (Å²) in [5.41, 5.74) is 0. The molecule has 0 aromatic carbocycles. The fraction of sp³-hybridized carbons (Fsp3) is 1.00. The van der Waals surface area contributed by atoms with Crippen molar-refractivity contribution < 1.29 is 5.11 Å². The van der Waals surface area contributed by atoms with Crippen LogP contribution in [-0.4, -0.2) is 47.8 Å². The van der Waals surface area contributed by atoms with Crippen molar-refractivity contribution in [2.75, 3.05) is 19.6 Å². The van der Waals surface area contributed by atoms with Gasteiger partial charge >= 0.3 is 0 Å². The van der Waals surface area contributed by atoms with E-state index in [1.807, 2.05) is 0 Å². The van der Waals surface area contributed by atoms with E-state index in [-0.39, 0.29) is 6.10 Å². The first-order valence-electron chi connectivity index (χ1n) is 6.46. The Bertz CT molecular complexity index is 192. The molecule has 2 fully saturated rings. The van der Waals surface area contributed by atoms with Crippen LogP contribution in [0.2, 0.25) is 0 Å². The lowest BCUT2D eigenvalue weighted by molar-refractivity contribution is 0.146. The molecule has 3 nitrogen and oxygen atoms in total. The Balaban J connectivity index is 1.60. The van der Waals surface area contributed by atoms with Crippen molar-refractivity contribution in [3.05, 3.63) is 0 Å². The predicted octanol–water partition coefficient (Wildman–Crippen LogP) is 0.974. The minimum absolute atomic E-state index is 0.0963. The largest absolute Gasteiger partial charge is 0.392 e. The van der Waals surface area contributed by atoms with Crippen LogP contribution in [0, 0.1) is 0 Å². The van der Waals surface area contributed by atoms with Gasteiger partial charge in [-0.2, -0.15) is 0 Å². The van der Waals surface area contributed by atoms with E-state index in [9.17, 15) is 5.11 Å². The highest BCUT2D eigenvalue weighted by Gasteiger charge is 2.28. The van der Waals surface area contributed by atoms with Gasteiger partial charge in [0.25, 0.3) is 0 Å². The standard InChI is InChI=1S/C12H24N2O/c1-2-14(10-6-7-10)9-8-13-11-4-3-5-12(11)15/h10-13,15H,2-9H2,1H3/t11-,12-/m0/s1. The molecule has 2 saturated carbocycles. The zero-order valence-electron chi connectivity index (χ0n) is 9.78. The molecule has 0 bridgehead atoms. The van der Waals surface area contributed by atoms with Crippen LogP contribution in [0.3, 0.4) is 0 Å². The van der Waals surface area contributed by atoms with Crippen molar-refractivity contribution in [2.45, 2.75) is 57.2 Å². The zero-order valence-corrected chi connectivity index (χ0v) is 9.78. The molecule has 0 amide bonds. The molecular formula is C12H24N2O. The van der Waals surface area contributed by atoms with E-state index in [0.29, 0.717) is 6.04 Å². The molecule has 3 heteroatoms. The second-order valence-electron chi connectivity index (χ2n) is 4.92. The third-order valence-electron chi connectivity index (χ3n) is 3.75. The maximum Gasteiger partial charge on any atom is 0.0693 e. The third-order valence-corrected chi connectivity index (χ3v) is 3.75. The summed E-state index contributed by atoms with van der Waals surface area (Å²) in [7, 11) is 0. The van der Waals surface area contributed by atoms with Crippen LogP contribution < -0.4 is 5.32 Å². The first-order valence-corrected chi connectivity index (χ1v) is 6.46. The highest BCUT2D eigenvalue weighted by Crippen LogP contribution is 2.26. The van der Waals surface area contributed by atoms with Crippen molar-refractivity contribution >= 4 is 0 Å². The summed E-state index contributed by atoms with van der Waals surface area (Å²) < 4.78 is 0. The number of aliphatic hydroxyl groups is 1. The molecule has 2 aliphatic carbocycles. The van der Waals surface area contributed by atoms with Crippen molar-refractivity contribution in [2.24, 2.45) is 0 Å². The van der Waals surface area contributed by atoms with E-state index >= 15 is 0 Å². The van der Waals surface area contributed by atoms with Gasteiger partial charge < -0.3 is 10.4 Å². The van der Waals surface area contributed by atoms with E-state index < -0.39 is 0 Å². The number of rotatable bonds is 6. The Hall–Kier alpha value is -0.120. The summed E-state index contributed by atoms with van der Waals surface area (Å²) in [6, 6.07) is 1.23. The summed E-state index contributed by atoms with van der Waals surface area (Å²) in [4.78, 5) is 2.55. The molecule has 2 N–H and O–H groups in total. The molecule has 0 heterocycles. The molecular weight excluding hydrogens is 188 g/mol. The third kappa shape index (κ3) is 3.16. The molecule has 2 rings (SSSR count). The monoisotopic (exact) mass is 212 g/mol. The van der Waals surface area contributed by atoms with Gasteiger partial charge in [-0.1, -0.05) is 6.92 Å². The molecule has 0 spiro atoms.